The van der Waals surface area contributed by atoms with Crippen LogP contribution in [0.25, 0.3) is 0 Å². The summed E-state index contributed by atoms with van der Waals surface area (Å²) in [6.45, 7) is 4.40. The number of pyridine rings is 1. The monoisotopic (exact) mass is 476 g/mol. The summed E-state index contributed by atoms with van der Waals surface area (Å²) in [4.78, 5) is 6.83. The molecule has 0 spiro atoms. The van der Waals surface area contributed by atoms with Crippen LogP contribution in [0.15, 0.2) is 36.5 Å². The predicted octanol–water partition coefficient (Wildman–Crippen LogP) is 3.30. The number of nitrogens with zero attached hydrogens (tertiary/aromatic N) is 3. The molecule has 3 atom stereocenters. The number of hydrogen-bond donors (Lipinski definition) is 1. The zero-order valence-electron chi connectivity index (χ0n) is 19.5. The number of benzene rings is 1. The number of halogens is 1. The standard InChI is InChI=1S/C24H33FN4O3S/c1-17(18-5-8-22(25)23(15-18)32-2)27-21-7-4-19(14-21)20-6-9-24(26-16-20)28-10-12-29(13-11-28)33(3,30)31/h5-6,8-9,15-17,19,21,27H,4,7,10-14H2,1-3H3/t17-,19-,21+/m1/s1. The van der Waals surface area contributed by atoms with Crippen LogP contribution in [0.1, 0.15) is 49.3 Å². The highest BCUT2D eigenvalue weighted by Gasteiger charge is 2.28. The number of hydrogen-bond acceptors (Lipinski definition) is 6. The van der Waals surface area contributed by atoms with E-state index in [9.17, 15) is 12.8 Å². The fraction of sp³-hybridized carbons (Fsp3) is 0.542. The SMILES string of the molecule is COc1cc([C@@H](C)N[C@H]2CC[C@@H](c3ccc(N4CCN(S(C)(=O)=O)CC4)nc3)C2)ccc1F. The Balaban J connectivity index is 1.31. The fourth-order valence-corrected chi connectivity index (χ4v) is 5.73. The molecule has 0 bridgehead atoms. The van der Waals surface area contributed by atoms with Crippen molar-refractivity contribution in [3.05, 3.63) is 53.5 Å². The summed E-state index contributed by atoms with van der Waals surface area (Å²) in [7, 11) is -1.65. The van der Waals surface area contributed by atoms with E-state index in [-0.39, 0.29) is 17.6 Å². The molecule has 4 rings (SSSR count). The lowest BCUT2D eigenvalue weighted by Gasteiger charge is -2.34. The van der Waals surface area contributed by atoms with Crippen molar-refractivity contribution < 1.29 is 17.5 Å². The maximum atomic E-state index is 13.7. The number of ether oxygens (including phenoxy) is 1. The van der Waals surface area contributed by atoms with Gasteiger partial charge < -0.3 is 15.0 Å². The third-order valence-electron chi connectivity index (χ3n) is 6.87. The highest BCUT2D eigenvalue weighted by atomic mass is 32.2. The number of anilines is 1. The van der Waals surface area contributed by atoms with E-state index in [2.05, 4.69) is 34.3 Å². The van der Waals surface area contributed by atoms with Crippen molar-refractivity contribution in [2.24, 2.45) is 0 Å². The highest BCUT2D eigenvalue weighted by Crippen LogP contribution is 2.36. The number of rotatable bonds is 7. The van der Waals surface area contributed by atoms with Crippen LogP contribution in [0.2, 0.25) is 0 Å². The Morgan fingerprint density at radius 3 is 2.55 bits per heavy atom. The molecule has 1 aliphatic heterocycles. The molecule has 1 aromatic carbocycles. The second kappa shape index (κ2) is 9.95. The van der Waals surface area contributed by atoms with Crippen LogP contribution >= 0.6 is 0 Å². The first kappa shape index (κ1) is 23.9. The van der Waals surface area contributed by atoms with Crippen LogP contribution in [-0.4, -0.2) is 63.3 Å². The quantitative estimate of drug-likeness (QED) is 0.661. The van der Waals surface area contributed by atoms with Crippen LogP contribution in [0.4, 0.5) is 10.2 Å². The molecule has 7 nitrogen and oxygen atoms in total. The van der Waals surface area contributed by atoms with Crippen molar-refractivity contribution in [2.75, 3.05) is 44.4 Å². The first-order valence-corrected chi connectivity index (χ1v) is 13.3. The average Bonchev–Trinajstić information content (AvgIpc) is 3.27. The third kappa shape index (κ3) is 5.65. The van der Waals surface area contributed by atoms with Gasteiger partial charge in [0.1, 0.15) is 5.82 Å². The zero-order valence-corrected chi connectivity index (χ0v) is 20.3. The second-order valence-electron chi connectivity index (χ2n) is 9.09. The van der Waals surface area contributed by atoms with E-state index in [0.29, 0.717) is 38.1 Å². The zero-order chi connectivity index (χ0) is 23.6. The minimum absolute atomic E-state index is 0.106. The molecule has 0 amide bonds. The molecule has 33 heavy (non-hydrogen) atoms. The molecule has 1 saturated carbocycles. The van der Waals surface area contributed by atoms with Crippen molar-refractivity contribution in [1.29, 1.82) is 0 Å². The molecule has 9 heteroatoms. The van der Waals surface area contributed by atoms with E-state index < -0.39 is 10.0 Å². The number of nitrogens with one attached hydrogen (secondary N) is 1. The number of piperazine rings is 1. The summed E-state index contributed by atoms with van der Waals surface area (Å²) in [6.07, 6.45) is 6.46. The van der Waals surface area contributed by atoms with Crippen LogP contribution in [0, 0.1) is 5.82 Å². The molecule has 2 heterocycles. The number of aromatic nitrogens is 1. The topological polar surface area (TPSA) is 74.8 Å². The van der Waals surface area contributed by atoms with E-state index in [0.717, 1.165) is 30.6 Å². The Labute approximate surface area is 196 Å². The molecule has 2 aromatic rings. The molecule has 2 aliphatic rings. The molecule has 1 saturated heterocycles. The highest BCUT2D eigenvalue weighted by molar-refractivity contribution is 7.88. The van der Waals surface area contributed by atoms with Crippen LogP contribution in [-0.2, 0) is 10.0 Å². The summed E-state index contributed by atoms with van der Waals surface area (Å²) in [5.41, 5.74) is 2.26. The van der Waals surface area contributed by atoms with Gasteiger partial charge in [0.15, 0.2) is 11.6 Å². The van der Waals surface area contributed by atoms with Gasteiger partial charge in [-0.1, -0.05) is 12.1 Å². The van der Waals surface area contributed by atoms with Gasteiger partial charge in [-0.05, 0) is 61.4 Å². The normalized spacial score (nSPS) is 23.0. The third-order valence-corrected chi connectivity index (χ3v) is 8.17. The minimum atomic E-state index is -3.13. The lowest BCUT2D eigenvalue weighted by Crippen LogP contribution is -2.48. The summed E-state index contributed by atoms with van der Waals surface area (Å²) >= 11 is 0. The van der Waals surface area contributed by atoms with Gasteiger partial charge in [0, 0.05) is 44.5 Å². The lowest BCUT2D eigenvalue weighted by atomic mass is 9.99. The number of sulfonamides is 1. The number of methoxy groups -OCH3 is 1. The lowest BCUT2D eigenvalue weighted by molar-refractivity contribution is 0.384. The average molecular weight is 477 g/mol. The molecule has 1 aliphatic carbocycles. The van der Waals surface area contributed by atoms with Crippen molar-refractivity contribution >= 4 is 15.8 Å². The molecule has 1 aromatic heterocycles. The summed E-state index contributed by atoms with van der Waals surface area (Å²) < 4.78 is 43.7. The van der Waals surface area contributed by atoms with E-state index in [4.69, 9.17) is 4.74 Å². The van der Waals surface area contributed by atoms with E-state index in [1.807, 2.05) is 6.20 Å². The molecular weight excluding hydrogens is 443 g/mol. The van der Waals surface area contributed by atoms with Crippen LogP contribution in [0.5, 0.6) is 5.75 Å². The molecule has 0 unspecified atom stereocenters. The van der Waals surface area contributed by atoms with Gasteiger partial charge in [0.2, 0.25) is 10.0 Å². The molecule has 180 valence electrons. The Kier molecular flexibility index (Phi) is 7.21. The summed E-state index contributed by atoms with van der Waals surface area (Å²) in [5, 5.41) is 3.68. The molecule has 2 fully saturated rings. The fourth-order valence-electron chi connectivity index (χ4n) is 4.91. The Morgan fingerprint density at radius 1 is 1.15 bits per heavy atom. The smallest absolute Gasteiger partial charge is 0.211 e. The predicted molar refractivity (Wildman–Crippen MR) is 128 cm³/mol. The van der Waals surface area contributed by atoms with Crippen molar-refractivity contribution in [2.45, 2.75) is 44.2 Å². The van der Waals surface area contributed by atoms with Gasteiger partial charge in [0.25, 0.3) is 0 Å². The first-order valence-electron chi connectivity index (χ1n) is 11.5. The molecule has 1 N–H and O–H groups in total. The van der Waals surface area contributed by atoms with Crippen molar-refractivity contribution in [1.82, 2.24) is 14.6 Å². The van der Waals surface area contributed by atoms with Gasteiger partial charge >= 0.3 is 0 Å². The Bertz CT molecular complexity index is 1060. The van der Waals surface area contributed by atoms with E-state index >= 15 is 0 Å². The Hall–Kier alpha value is -2.23. The van der Waals surface area contributed by atoms with Crippen molar-refractivity contribution in [3.8, 4) is 5.75 Å². The van der Waals surface area contributed by atoms with E-state index in [1.165, 1.54) is 29.3 Å². The molecule has 0 radical (unpaired) electrons. The maximum absolute atomic E-state index is 13.7. The van der Waals surface area contributed by atoms with Crippen LogP contribution < -0.4 is 15.0 Å². The first-order chi connectivity index (χ1) is 15.7. The summed E-state index contributed by atoms with van der Waals surface area (Å²) in [5.74, 6) is 1.29. The van der Waals surface area contributed by atoms with Gasteiger partial charge in [-0.2, -0.15) is 4.31 Å². The van der Waals surface area contributed by atoms with Gasteiger partial charge in [0.05, 0.1) is 13.4 Å². The van der Waals surface area contributed by atoms with Gasteiger partial charge in [-0.25, -0.2) is 17.8 Å². The Morgan fingerprint density at radius 2 is 1.91 bits per heavy atom. The second-order valence-corrected chi connectivity index (χ2v) is 11.1. The molecular formula is C24H33FN4O3S. The van der Waals surface area contributed by atoms with Crippen LogP contribution in [0.3, 0.4) is 0 Å². The minimum Gasteiger partial charge on any atom is -0.494 e. The maximum Gasteiger partial charge on any atom is 0.211 e. The van der Waals surface area contributed by atoms with Gasteiger partial charge in [-0.3, -0.25) is 0 Å². The summed E-state index contributed by atoms with van der Waals surface area (Å²) in [6, 6.07) is 9.74. The van der Waals surface area contributed by atoms with Crippen molar-refractivity contribution in [3.63, 3.8) is 0 Å². The van der Waals surface area contributed by atoms with Gasteiger partial charge in [-0.15, -0.1) is 0 Å². The largest absolute Gasteiger partial charge is 0.494 e. The van der Waals surface area contributed by atoms with E-state index in [1.54, 1.807) is 12.1 Å².